The maximum atomic E-state index is 12.4. The summed E-state index contributed by atoms with van der Waals surface area (Å²) in [5, 5.41) is 12.5. The largest absolute Gasteiger partial charge is 0.478 e. The van der Waals surface area contributed by atoms with Gasteiger partial charge in [0.2, 0.25) is 5.91 Å². The summed E-state index contributed by atoms with van der Waals surface area (Å²) >= 11 is 12.0. The van der Waals surface area contributed by atoms with Crippen LogP contribution in [-0.4, -0.2) is 68.4 Å². The Morgan fingerprint density at radius 3 is 2.50 bits per heavy atom. The van der Waals surface area contributed by atoms with E-state index in [1.165, 1.54) is 24.3 Å². The molecule has 8 nitrogen and oxygen atoms in total. The van der Waals surface area contributed by atoms with Crippen molar-refractivity contribution in [1.82, 2.24) is 10.2 Å². The van der Waals surface area contributed by atoms with Gasteiger partial charge in [-0.1, -0.05) is 29.3 Å². The predicted molar refractivity (Wildman–Crippen MR) is 120 cm³/mol. The molecule has 0 bridgehead atoms. The molecule has 1 atom stereocenters. The molecular weight excluding hydrogens is 479 g/mol. The molecule has 172 valence electrons. The first-order valence-corrected chi connectivity index (χ1v) is 12.2. The number of carbonyl (C=O) groups is 2. The van der Waals surface area contributed by atoms with Gasteiger partial charge in [-0.3, -0.25) is 9.69 Å². The topological polar surface area (TPSA) is 113 Å². The third-order valence-electron chi connectivity index (χ3n) is 4.92. The van der Waals surface area contributed by atoms with Gasteiger partial charge in [-0.15, -0.1) is 0 Å². The van der Waals surface area contributed by atoms with Gasteiger partial charge in [0.1, 0.15) is 5.75 Å². The molecule has 1 heterocycles. The minimum Gasteiger partial charge on any atom is -0.478 e. The fourth-order valence-corrected chi connectivity index (χ4v) is 4.77. The van der Waals surface area contributed by atoms with E-state index in [4.69, 9.17) is 33.0 Å². The Morgan fingerprint density at radius 2 is 1.84 bits per heavy atom. The van der Waals surface area contributed by atoms with E-state index >= 15 is 0 Å². The number of nitrogens with one attached hydrogen (secondary N) is 1. The lowest BCUT2D eigenvalue weighted by Crippen LogP contribution is -2.47. The smallest absolute Gasteiger partial charge is 0.335 e. The van der Waals surface area contributed by atoms with Crippen LogP contribution in [0, 0.1) is 0 Å². The summed E-state index contributed by atoms with van der Waals surface area (Å²) in [4.78, 5) is 25.1. The van der Waals surface area contributed by atoms with Crippen LogP contribution in [0.4, 0.5) is 0 Å². The molecule has 3 rings (SSSR count). The van der Waals surface area contributed by atoms with Crippen molar-refractivity contribution < 1.29 is 27.9 Å². The number of carboxylic acid groups (broad SMARTS) is 1. The summed E-state index contributed by atoms with van der Waals surface area (Å²) in [6.07, 6.45) is -0.284. The molecule has 1 unspecified atom stereocenters. The average molecular weight is 501 g/mol. The average Bonchev–Trinajstić information content (AvgIpc) is 2.75. The number of morpholine rings is 1. The van der Waals surface area contributed by atoms with Gasteiger partial charge in [-0.2, -0.15) is 0 Å². The van der Waals surface area contributed by atoms with Crippen LogP contribution in [0.2, 0.25) is 10.0 Å². The fraction of sp³-hybridized carbons (Fsp3) is 0.333. The molecular formula is C21H22Cl2N2O6S. The van der Waals surface area contributed by atoms with Gasteiger partial charge in [-0.05, 0) is 42.0 Å². The second-order valence-electron chi connectivity index (χ2n) is 7.37. The normalized spacial score (nSPS) is 17.1. The molecule has 0 aliphatic carbocycles. The third kappa shape index (κ3) is 6.66. The number of halogens is 2. The molecule has 32 heavy (non-hydrogen) atoms. The van der Waals surface area contributed by atoms with Crippen molar-refractivity contribution in [2.24, 2.45) is 0 Å². The molecule has 0 saturated carbocycles. The zero-order valence-corrected chi connectivity index (χ0v) is 19.3. The number of nitrogens with zero attached hydrogens (tertiary/aromatic N) is 1. The molecule has 2 aromatic rings. The SMILES string of the molecule is O=C(CS(=O)(=O)c1ccc(C(=O)O)cc1)NCC1CN(Cc2ccc(Cl)c(Cl)c2)CCO1. The van der Waals surface area contributed by atoms with Crippen molar-refractivity contribution in [3.05, 3.63) is 63.6 Å². The van der Waals surface area contributed by atoms with E-state index in [-0.39, 0.29) is 23.1 Å². The van der Waals surface area contributed by atoms with Crippen molar-refractivity contribution in [1.29, 1.82) is 0 Å². The molecule has 0 spiro atoms. The summed E-state index contributed by atoms with van der Waals surface area (Å²) in [6, 6.07) is 10.2. The summed E-state index contributed by atoms with van der Waals surface area (Å²) in [7, 11) is -3.89. The van der Waals surface area contributed by atoms with Crippen molar-refractivity contribution >= 4 is 44.9 Å². The Labute approximate surface area is 196 Å². The summed E-state index contributed by atoms with van der Waals surface area (Å²) in [5.41, 5.74) is 0.970. The molecule has 1 fully saturated rings. The standard InChI is InChI=1S/C21H22Cl2N2O6S/c22-18-6-1-14(9-19(18)23)11-25-7-8-31-16(12-25)10-24-20(26)13-32(29,30)17-4-2-15(3-5-17)21(27)28/h1-6,9,16H,7-8,10-13H2,(H,24,26)(H,27,28). The Kier molecular flexibility index (Phi) is 8.13. The van der Waals surface area contributed by atoms with Crippen molar-refractivity contribution in [2.75, 3.05) is 32.0 Å². The predicted octanol–water partition coefficient (Wildman–Crippen LogP) is 2.48. The lowest BCUT2D eigenvalue weighted by atomic mass is 10.2. The van der Waals surface area contributed by atoms with Gasteiger partial charge in [0.05, 0.1) is 33.2 Å². The summed E-state index contributed by atoms with van der Waals surface area (Å²) in [6.45, 7) is 2.57. The fourth-order valence-electron chi connectivity index (χ4n) is 3.28. The number of sulfone groups is 1. The number of carbonyl (C=O) groups excluding carboxylic acids is 1. The molecule has 1 saturated heterocycles. The van der Waals surface area contributed by atoms with E-state index in [9.17, 15) is 18.0 Å². The molecule has 0 radical (unpaired) electrons. The van der Waals surface area contributed by atoms with Crippen molar-refractivity contribution in [3.63, 3.8) is 0 Å². The maximum absolute atomic E-state index is 12.4. The molecule has 1 aliphatic rings. The van der Waals surface area contributed by atoms with Crippen LogP contribution < -0.4 is 5.32 Å². The second-order valence-corrected chi connectivity index (χ2v) is 10.2. The van der Waals surface area contributed by atoms with Crippen molar-refractivity contribution in [3.8, 4) is 0 Å². The van der Waals surface area contributed by atoms with Crippen LogP contribution in [0.15, 0.2) is 47.4 Å². The molecule has 1 aliphatic heterocycles. The van der Waals surface area contributed by atoms with E-state index in [2.05, 4.69) is 10.2 Å². The van der Waals surface area contributed by atoms with Gasteiger partial charge < -0.3 is 15.2 Å². The van der Waals surface area contributed by atoms with Crippen LogP contribution in [0.3, 0.4) is 0 Å². The summed E-state index contributed by atoms with van der Waals surface area (Å²) < 4.78 is 30.5. The Morgan fingerprint density at radius 1 is 1.12 bits per heavy atom. The van der Waals surface area contributed by atoms with Crippen molar-refractivity contribution in [2.45, 2.75) is 17.5 Å². The van der Waals surface area contributed by atoms with Gasteiger partial charge >= 0.3 is 5.97 Å². The molecule has 2 N–H and O–H groups in total. The van der Waals surface area contributed by atoms with E-state index in [0.29, 0.717) is 36.3 Å². The first kappa shape index (κ1) is 24.5. The third-order valence-corrected chi connectivity index (χ3v) is 7.29. The lowest BCUT2D eigenvalue weighted by molar-refractivity contribution is -0.119. The highest BCUT2D eigenvalue weighted by Crippen LogP contribution is 2.23. The van der Waals surface area contributed by atoms with Crippen LogP contribution in [-0.2, 0) is 25.9 Å². The Balaban J connectivity index is 1.50. The number of carboxylic acids is 1. The highest BCUT2D eigenvalue weighted by Gasteiger charge is 2.24. The van der Waals surface area contributed by atoms with Gasteiger partial charge in [0.15, 0.2) is 9.84 Å². The van der Waals surface area contributed by atoms with E-state index in [1.54, 1.807) is 6.07 Å². The number of amides is 1. The molecule has 2 aromatic carbocycles. The van der Waals surface area contributed by atoms with Gasteiger partial charge in [0, 0.05) is 26.2 Å². The van der Waals surface area contributed by atoms with E-state index < -0.39 is 27.5 Å². The number of rotatable bonds is 8. The first-order chi connectivity index (χ1) is 15.1. The Bertz CT molecular complexity index is 1090. The minimum absolute atomic E-state index is 0.0340. The van der Waals surface area contributed by atoms with E-state index in [0.717, 1.165) is 5.56 Å². The first-order valence-electron chi connectivity index (χ1n) is 9.75. The second kappa shape index (κ2) is 10.6. The number of aromatic carboxylic acids is 1. The number of benzene rings is 2. The minimum atomic E-state index is -3.89. The Hall–Kier alpha value is -2.17. The van der Waals surface area contributed by atoms with Gasteiger partial charge in [-0.25, -0.2) is 13.2 Å². The highest BCUT2D eigenvalue weighted by atomic mass is 35.5. The van der Waals surface area contributed by atoms with Crippen LogP contribution in [0.25, 0.3) is 0 Å². The van der Waals surface area contributed by atoms with Crippen LogP contribution >= 0.6 is 23.2 Å². The number of hydrogen-bond acceptors (Lipinski definition) is 6. The maximum Gasteiger partial charge on any atom is 0.335 e. The van der Waals surface area contributed by atoms with E-state index in [1.807, 2.05) is 12.1 Å². The molecule has 0 aromatic heterocycles. The quantitative estimate of drug-likeness (QED) is 0.572. The van der Waals surface area contributed by atoms with Crippen LogP contribution in [0.1, 0.15) is 15.9 Å². The highest BCUT2D eigenvalue weighted by molar-refractivity contribution is 7.92. The number of ether oxygens (including phenoxy) is 1. The lowest BCUT2D eigenvalue weighted by Gasteiger charge is -2.33. The summed E-state index contributed by atoms with van der Waals surface area (Å²) in [5.74, 6) is -2.55. The zero-order valence-electron chi connectivity index (χ0n) is 17.0. The monoisotopic (exact) mass is 500 g/mol. The zero-order chi connectivity index (χ0) is 23.3. The van der Waals surface area contributed by atoms with Gasteiger partial charge in [0.25, 0.3) is 0 Å². The molecule has 1 amide bonds. The number of hydrogen-bond donors (Lipinski definition) is 2. The van der Waals surface area contributed by atoms with Crippen LogP contribution in [0.5, 0.6) is 0 Å². The molecule has 11 heteroatoms.